The molecule has 0 spiro atoms. The van der Waals surface area contributed by atoms with Crippen LogP contribution in [0.2, 0.25) is 0 Å². The maximum atomic E-state index is 13.2. The average Bonchev–Trinajstić information content (AvgIpc) is 3.46. The smallest absolute Gasteiger partial charge is 0.333 e. The van der Waals surface area contributed by atoms with Gasteiger partial charge in [0.1, 0.15) is 10.0 Å². The summed E-state index contributed by atoms with van der Waals surface area (Å²) in [5.41, 5.74) is 2.07. The molecular formula is C25H26N6O6S2. The Hall–Kier alpha value is -3.85. The van der Waals surface area contributed by atoms with E-state index in [2.05, 4.69) is 20.5 Å². The lowest BCUT2D eigenvalue weighted by atomic mass is 9.97. The van der Waals surface area contributed by atoms with Crippen LogP contribution in [0.5, 0.6) is 0 Å². The lowest BCUT2D eigenvalue weighted by Gasteiger charge is -2.27. The standard InChI is InChI=1S/C25H26N6O6S2/c32-22-15-17-14-18(26-7-8-30-9-11-37-12-10-30)3-5-20(17)24(33)31(22)21-6-4-19(16-27-21)28-25(34)29-39(35,36)23-2-1-13-38-23/h1-6,13-14,16,26H,7-12,15H2,(H2,28,29,34). The molecule has 2 aromatic heterocycles. The van der Waals surface area contributed by atoms with E-state index in [1.807, 2.05) is 16.9 Å². The van der Waals surface area contributed by atoms with Gasteiger partial charge in [-0.15, -0.1) is 11.3 Å². The van der Waals surface area contributed by atoms with Gasteiger partial charge in [-0.2, -0.15) is 0 Å². The predicted molar refractivity (Wildman–Crippen MR) is 146 cm³/mol. The zero-order valence-corrected chi connectivity index (χ0v) is 22.4. The second-order valence-electron chi connectivity index (χ2n) is 8.86. The normalized spacial score (nSPS) is 16.1. The first-order valence-electron chi connectivity index (χ1n) is 12.2. The second-order valence-corrected chi connectivity index (χ2v) is 11.7. The summed E-state index contributed by atoms with van der Waals surface area (Å²) in [6, 6.07) is 10.1. The first-order chi connectivity index (χ1) is 18.8. The lowest BCUT2D eigenvalue weighted by molar-refractivity contribution is -0.117. The lowest BCUT2D eigenvalue weighted by Crippen LogP contribution is -2.43. The quantitative estimate of drug-likeness (QED) is 0.346. The van der Waals surface area contributed by atoms with E-state index in [4.69, 9.17) is 4.74 Å². The van der Waals surface area contributed by atoms with E-state index in [0.717, 1.165) is 61.3 Å². The number of anilines is 3. The summed E-state index contributed by atoms with van der Waals surface area (Å²) in [6.07, 6.45) is 1.27. The maximum Gasteiger partial charge on any atom is 0.333 e. The number of pyridine rings is 1. The Morgan fingerprint density at radius 2 is 1.87 bits per heavy atom. The molecule has 0 unspecified atom stereocenters. The largest absolute Gasteiger partial charge is 0.384 e. The predicted octanol–water partition coefficient (Wildman–Crippen LogP) is 2.13. The minimum absolute atomic E-state index is 0.00409. The molecule has 1 aromatic carbocycles. The monoisotopic (exact) mass is 570 g/mol. The molecule has 204 valence electrons. The summed E-state index contributed by atoms with van der Waals surface area (Å²) in [7, 11) is -3.99. The number of urea groups is 1. The fourth-order valence-electron chi connectivity index (χ4n) is 4.29. The highest BCUT2D eigenvalue weighted by Crippen LogP contribution is 2.27. The van der Waals surface area contributed by atoms with Crippen LogP contribution >= 0.6 is 11.3 Å². The first kappa shape index (κ1) is 26.7. The number of morpholine rings is 1. The van der Waals surface area contributed by atoms with E-state index in [-0.39, 0.29) is 22.1 Å². The summed E-state index contributed by atoms with van der Waals surface area (Å²) in [6.45, 7) is 4.89. The first-order valence-corrected chi connectivity index (χ1v) is 14.5. The molecule has 12 nitrogen and oxygen atoms in total. The van der Waals surface area contributed by atoms with Gasteiger partial charge < -0.3 is 15.4 Å². The number of hydrogen-bond acceptors (Lipinski definition) is 10. The van der Waals surface area contributed by atoms with Crippen LogP contribution in [-0.2, 0) is 26.0 Å². The van der Waals surface area contributed by atoms with Crippen molar-refractivity contribution in [1.82, 2.24) is 14.6 Å². The molecule has 0 bridgehead atoms. The van der Waals surface area contributed by atoms with Gasteiger partial charge in [0.25, 0.3) is 15.9 Å². The number of carbonyl (C=O) groups excluding carboxylic acids is 3. The minimum atomic E-state index is -3.99. The van der Waals surface area contributed by atoms with Crippen molar-refractivity contribution in [2.24, 2.45) is 0 Å². The molecule has 0 atom stereocenters. The molecule has 0 radical (unpaired) electrons. The molecule has 0 aliphatic carbocycles. The van der Waals surface area contributed by atoms with E-state index in [9.17, 15) is 22.8 Å². The maximum absolute atomic E-state index is 13.2. The van der Waals surface area contributed by atoms with Crippen molar-refractivity contribution in [2.75, 3.05) is 54.9 Å². The molecule has 1 saturated heterocycles. The van der Waals surface area contributed by atoms with Crippen LogP contribution in [0.15, 0.2) is 58.3 Å². The van der Waals surface area contributed by atoms with E-state index in [1.165, 1.54) is 24.4 Å². The molecule has 2 aliphatic rings. The van der Waals surface area contributed by atoms with Gasteiger partial charge >= 0.3 is 6.03 Å². The van der Waals surface area contributed by atoms with Crippen molar-refractivity contribution in [3.05, 3.63) is 65.2 Å². The third-order valence-electron chi connectivity index (χ3n) is 6.21. The van der Waals surface area contributed by atoms with E-state index < -0.39 is 27.9 Å². The molecule has 2 aliphatic heterocycles. The van der Waals surface area contributed by atoms with Crippen molar-refractivity contribution < 1.29 is 27.5 Å². The molecule has 5 rings (SSSR count). The summed E-state index contributed by atoms with van der Waals surface area (Å²) < 4.78 is 31.7. The molecule has 39 heavy (non-hydrogen) atoms. The molecule has 0 saturated carbocycles. The SMILES string of the molecule is O=C(Nc1ccc(N2C(=O)Cc3cc(NCCN4CCOCC4)ccc3C2=O)nc1)NS(=O)(=O)c1cccs1. The van der Waals surface area contributed by atoms with Crippen molar-refractivity contribution in [3.63, 3.8) is 0 Å². The van der Waals surface area contributed by atoms with Crippen LogP contribution in [0.3, 0.4) is 0 Å². The molecule has 14 heteroatoms. The number of thiophene rings is 1. The van der Waals surface area contributed by atoms with E-state index in [0.29, 0.717) is 11.1 Å². The molecule has 4 amide bonds. The van der Waals surface area contributed by atoms with Gasteiger partial charge in [0.15, 0.2) is 0 Å². The Morgan fingerprint density at radius 1 is 1.08 bits per heavy atom. The van der Waals surface area contributed by atoms with Gasteiger partial charge in [-0.25, -0.2) is 27.8 Å². The summed E-state index contributed by atoms with van der Waals surface area (Å²) in [5.74, 6) is -0.819. The summed E-state index contributed by atoms with van der Waals surface area (Å²) in [5, 5.41) is 7.31. The van der Waals surface area contributed by atoms with Crippen molar-refractivity contribution in [3.8, 4) is 0 Å². The number of carbonyl (C=O) groups is 3. The number of amides is 4. The Kier molecular flexibility index (Phi) is 7.88. The van der Waals surface area contributed by atoms with Crippen LogP contribution in [0, 0.1) is 0 Å². The summed E-state index contributed by atoms with van der Waals surface area (Å²) in [4.78, 5) is 45.7. The number of nitrogens with one attached hydrogen (secondary N) is 3. The van der Waals surface area contributed by atoms with E-state index >= 15 is 0 Å². The number of ether oxygens (including phenoxy) is 1. The van der Waals surface area contributed by atoms with Gasteiger partial charge in [-0.3, -0.25) is 14.5 Å². The molecule has 3 N–H and O–H groups in total. The van der Waals surface area contributed by atoms with Gasteiger partial charge in [0.05, 0.1) is 31.5 Å². The molecule has 3 aromatic rings. The number of imide groups is 1. The van der Waals surface area contributed by atoms with Crippen LogP contribution in [0.25, 0.3) is 0 Å². The molecular weight excluding hydrogens is 544 g/mol. The number of rotatable bonds is 8. The highest BCUT2D eigenvalue weighted by Gasteiger charge is 2.33. The van der Waals surface area contributed by atoms with E-state index in [1.54, 1.807) is 17.5 Å². The zero-order chi connectivity index (χ0) is 27.4. The molecule has 1 fully saturated rings. The summed E-state index contributed by atoms with van der Waals surface area (Å²) >= 11 is 0.980. The minimum Gasteiger partial charge on any atom is -0.384 e. The fraction of sp³-hybridized carbons (Fsp3) is 0.280. The van der Waals surface area contributed by atoms with Gasteiger partial charge in [-0.05, 0) is 47.3 Å². The number of sulfonamides is 1. The van der Waals surface area contributed by atoms with Crippen molar-refractivity contribution in [2.45, 2.75) is 10.6 Å². The Balaban J connectivity index is 1.20. The number of hydrogen-bond donors (Lipinski definition) is 3. The van der Waals surface area contributed by atoms with Crippen molar-refractivity contribution in [1.29, 1.82) is 0 Å². The third kappa shape index (κ3) is 6.25. The van der Waals surface area contributed by atoms with Crippen LogP contribution in [0.4, 0.5) is 22.0 Å². The van der Waals surface area contributed by atoms with Crippen LogP contribution in [0.1, 0.15) is 15.9 Å². The van der Waals surface area contributed by atoms with Crippen molar-refractivity contribution >= 4 is 56.4 Å². The highest BCUT2D eigenvalue weighted by molar-refractivity contribution is 7.92. The third-order valence-corrected chi connectivity index (χ3v) is 8.94. The Bertz CT molecular complexity index is 1470. The Labute approximate surface area is 229 Å². The average molecular weight is 571 g/mol. The topological polar surface area (TPSA) is 150 Å². The van der Waals surface area contributed by atoms with Gasteiger partial charge in [0.2, 0.25) is 5.91 Å². The number of fused-ring (bicyclic) bond motifs is 1. The fourth-order valence-corrected chi connectivity index (χ4v) is 6.19. The Morgan fingerprint density at radius 3 is 2.59 bits per heavy atom. The number of aromatic nitrogens is 1. The highest BCUT2D eigenvalue weighted by atomic mass is 32.2. The zero-order valence-electron chi connectivity index (χ0n) is 20.8. The molecule has 4 heterocycles. The van der Waals surface area contributed by atoms with Gasteiger partial charge in [0, 0.05) is 37.4 Å². The number of nitrogens with zero attached hydrogens (tertiary/aromatic N) is 3. The number of benzene rings is 1. The van der Waals surface area contributed by atoms with Gasteiger partial charge in [-0.1, -0.05) is 6.07 Å². The van der Waals surface area contributed by atoms with Crippen LogP contribution in [-0.4, -0.2) is 75.5 Å². The second kappa shape index (κ2) is 11.5. The van der Waals surface area contributed by atoms with Crippen LogP contribution < -0.4 is 20.3 Å².